The number of H-pyrrole nitrogens is 1. The lowest BCUT2D eigenvalue weighted by Gasteiger charge is -2.47. The Morgan fingerprint density at radius 1 is 1.08 bits per heavy atom. The zero-order valence-corrected chi connectivity index (χ0v) is 42.1. The lowest BCUT2D eigenvalue weighted by atomic mass is 9.89. The Kier molecular flexibility index (Phi) is 18.2. The molecule has 0 unspecified atom stereocenters. The maximum Gasteiger partial charge on any atom is 0.273 e. The molecular formula is C51H72N6O7SSi. The number of morpholine rings is 1. The van der Waals surface area contributed by atoms with E-state index in [1.165, 1.54) is 28.5 Å². The number of likely N-dealkylation sites (tertiary alicyclic amines) is 1. The summed E-state index contributed by atoms with van der Waals surface area (Å²) in [5, 5.41) is 17.3. The van der Waals surface area contributed by atoms with E-state index in [0.29, 0.717) is 81.7 Å². The first kappa shape index (κ1) is 51.0. The molecule has 66 heavy (non-hydrogen) atoms. The number of benzene rings is 2. The van der Waals surface area contributed by atoms with Gasteiger partial charge in [0.25, 0.3) is 5.91 Å². The monoisotopic (exact) mass is 940 g/mol. The van der Waals surface area contributed by atoms with Crippen molar-refractivity contribution in [3.8, 4) is 17.6 Å². The van der Waals surface area contributed by atoms with Gasteiger partial charge < -0.3 is 44.0 Å². The zero-order valence-electron chi connectivity index (χ0n) is 40.3. The fourth-order valence-electron chi connectivity index (χ4n) is 8.49. The Balaban J connectivity index is 0.919. The normalized spacial score (nSPS) is 16.0. The molecule has 0 bridgehead atoms. The first-order valence-electron chi connectivity index (χ1n) is 23.8. The van der Waals surface area contributed by atoms with Gasteiger partial charge in [-0.05, 0) is 91.9 Å². The van der Waals surface area contributed by atoms with Crippen LogP contribution in [0.4, 0.5) is 0 Å². The third-order valence-corrected chi connectivity index (χ3v) is 18.7. The van der Waals surface area contributed by atoms with Crippen LogP contribution in [0.3, 0.4) is 0 Å². The zero-order chi connectivity index (χ0) is 47.3. The van der Waals surface area contributed by atoms with Gasteiger partial charge in [0, 0.05) is 69.2 Å². The smallest absolute Gasteiger partial charge is 0.273 e. The molecule has 2 amide bonds. The fraction of sp³-hybridized carbons (Fsp3) is 0.569. The average Bonchev–Trinajstić information content (AvgIpc) is 3.76. The number of amides is 2. The van der Waals surface area contributed by atoms with Crippen molar-refractivity contribution < 1.29 is 28.6 Å². The summed E-state index contributed by atoms with van der Waals surface area (Å²) in [7, 11) is -2.23. The van der Waals surface area contributed by atoms with Crippen molar-refractivity contribution in [3.63, 3.8) is 0 Å². The Bertz CT molecular complexity index is 2360. The maximum atomic E-state index is 13.5. The molecule has 4 aromatic rings. The number of carbonyl (C=O) groups is 2. The number of ether oxygens (including phenoxy) is 2. The number of phenols is 1. The molecule has 6 rings (SSSR count). The quantitative estimate of drug-likeness (QED) is 0.0435. The molecule has 2 aromatic heterocycles. The first-order valence-corrected chi connectivity index (χ1v) is 27.6. The summed E-state index contributed by atoms with van der Waals surface area (Å²) in [6.07, 6.45) is 5.45. The summed E-state index contributed by atoms with van der Waals surface area (Å²) in [6.45, 7) is 22.8. The van der Waals surface area contributed by atoms with Crippen LogP contribution in [0.25, 0.3) is 10.9 Å². The third-order valence-electron chi connectivity index (χ3n) is 13.5. The topological polar surface area (TPSA) is 150 Å². The van der Waals surface area contributed by atoms with Gasteiger partial charge in [0.1, 0.15) is 11.4 Å². The molecule has 2 aliphatic rings. The molecule has 2 fully saturated rings. The highest BCUT2D eigenvalue weighted by Crippen LogP contribution is 2.41. The summed E-state index contributed by atoms with van der Waals surface area (Å²) in [5.41, 5.74) is 3.73. The van der Waals surface area contributed by atoms with Crippen molar-refractivity contribution in [1.82, 2.24) is 30.0 Å². The van der Waals surface area contributed by atoms with Crippen molar-refractivity contribution in [2.24, 2.45) is 0 Å². The minimum Gasteiger partial charge on any atom is -0.506 e. The van der Waals surface area contributed by atoms with E-state index in [-0.39, 0.29) is 39.9 Å². The number of nitrogens with one attached hydrogen (secondary N) is 2. The van der Waals surface area contributed by atoms with Gasteiger partial charge in [0.2, 0.25) is 11.5 Å². The van der Waals surface area contributed by atoms with Crippen molar-refractivity contribution in [3.05, 3.63) is 91.7 Å². The highest BCUT2D eigenvalue weighted by atomic mass is 32.1. The van der Waals surface area contributed by atoms with E-state index < -0.39 is 8.32 Å². The van der Waals surface area contributed by atoms with Crippen LogP contribution in [0.5, 0.6) is 5.75 Å². The number of rotatable bonds is 21. The third kappa shape index (κ3) is 13.8. The van der Waals surface area contributed by atoms with E-state index in [4.69, 9.17) is 13.9 Å². The number of phenolic OH excluding ortho intramolecular Hbond substituents is 1. The van der Waals surface area contributed by atoms with E-state index in [1.807, 2.05) is 21.2 Å². The highest BCUT2D eigenvalue weighted by molar-refractivity contribution is 7.10. The van der Waals surface area contributed by atoms with Gasteiger partial charge in [0.15, 0.2) is 13.3 Å². The number of nitrogens with zero attached hydrogens (tertiary/aromatic N) is 4. The van der Waals surface area contributed by atoms with Crippen LogP contribution in [-0.4, -0.2) is 134 Å². The van der Waals surface area contributed by atoms with Gasteiger partial charge in [-0.2, -0.15) is 0 Å². The molecule has 2 saturated heterocycles. The average molecular weight is 941 g/mol. The number of thiazole rings is 1. The van der Waals surface area contributed by atoms with E-state index in [0.717, 1.165) is 69.1 Å². The molecular weight excluding hydrogens is 869 g/mol. The Hall–Kier alpha value is -4.40. The number of piperidine rings is 1. The number of pyridine rings is 1. The summed E-state index contributed by atoms with van der Waals surface area (Å²) in [6, 6.07) is 15.5. The standard InChI is InChI=1S/C51H72N6O7SSi/c1-8-10-25-56(29-24-52-35-44(64-66(6,7)50(3,4)5)40-15-17-43(58)48-41(40)16-18-45(59)54-48)47(60)21-32-62-31-20-39-14-11-13-38(34-39)19-26-55-27-22-51(23-28-55)37-57(30-33-63-51)49(61)42-36-65-46(53-42)12-9-2/h11,13-18,34,36,44,52,58H,8,10,19-33,35,37H2,1-7H3,(H,54,59)/t44-/m0/s1. The molecule has 13 nitrogen and oxygen atoms in total. The molecule has 1 spiro atoms. The molecule has 2 aromatic carbocycles. The Labute approximate surface area is 396 Å². The number of fused-ring (bicyclic) bond motifs is 1. The molecule has 0 saturated carbocycles. The van der Waals surface area contributed by atoms with Crippen LogP contribution < -0.4 is 10.9 Å². The second-order valence-electron chi connectivity index (χ2n) is 19.3. The Morgan fingerprint density at radius 3 is 2.59 bits per heavy atom. The van der Waals surface area contributed by atoms with Crippen molar-refractivity contribution in [2.45, 2.75) is 109 Å². The van der Waals surface area contributed by atoms with Gasteiger partial charge in [-0.3, -0.25) is 14.4 Å². The molecule has 2 aliphatic heterocycles. The predicted molar refractivity (Wildman–Crippen MR) is 266 cm³/mol. The number of aromatic amines is 1. The maximum absolute atomic E-state index is 13.5. The largest absolute Gasteiger partial charge is 0.506 e. The van der Waals surface area contributed by atoms with Crippen molar-refractivity contribution in [2.75, 3.05) is 78.7 Å². The number of hydrogen-bond acceptors (Lipinski definition) is 11. The Morgan fingerprint density at radius 2 is 1.85 bits per heavy atom. The lowest BCUT2D eigenvalue weighted by Crippen LogP contribution is -2.58. The molecule has 15 heteroatoms. The number of hydrogen-bond donors (Lipinski definition) is 3. The fourth-order valence-corrected chi connectivity index (χ4v) is 10.4. The van der Waals surface area contributed by atoms with Crippen LogP contribution in [0.1, 0.15) is 105 Å². The van der Waals surface area contributed by atoms with Crippen molar-refractivity contribution >= 4 is 42.4 Å². The van der Waals surface area contributed by atoms with Crippen LogP contribution in [0.2, 0.25) is 18.1 Å². The van der Waals surface area contributed by atoms with Crippen LogP contribution >= 0.6 is 11.3 Å². The molecule has 3 N–H and O–H groups in total. The molecule has 4 heterocycles. The highest BCUT2D eigenvalue weighted by Gasteiger charge is 2.42. The minimum atomic E-state index is -2.23. The second-order valence-corrected chi connectivity index (χ2v) is 24.9. The van der Waals surface area contributed by atoms with E-state index in [9.17, 15) is 19.5 Å². The second kappa shape index (κ2) is 23.6. The van der Waals surface area contributed by atoms with Gasteiger partial charge in [-0.1, -0.05) is 70.4 Å². The van der Waals surface area contributed by atoms with Gasteiger partial charge >= 0.3 is 0 Å². The number of aromatic hydroxyl groups is 1. The van der Waals surface area contributed by atoms with Crippen LogP contribution in [0.15, 0.2) is 58.7 Å². The summed E-state index contributed by atoms with van der Waals surface area (Å²) in [4.78, 5) is 52.5. The summed E-state index contributed by atoms with van der Waals surface area (Å²) < 4.78 is 19.4. The molecule has 1 atom stereocenters. The summed E-state index contributed by atoms with van der Waals surface area (Å²) >= 11 is 1.41. The molecule has 358 valence electrons. The SMILES string of the molecule is CC#Cc1nc(C(=O)N2CCOC3(CCN(CCc4cccc(CCOCCC(=O)N(CCCC)CCNC[C@H](O[Si](C)(C)C(C)(C)C)c5ccc(O)c6[nH]c(=O)ccc56)c4)CC3)C2)cs1. The van der Waals surface area contributed by atoms with Crippen LogP contribution in [0, 0.1) is 11.8 Å². The molecule has 0 radical (unpaired) electrons. The van der Waals surface area contributed by atoms with Gasteiger partial charge in [0.05, 0.1) is 50.0 Å². The molecule has 0 aliphatic carbocycles. The van der Waals surface area contributed by atoms with Crippen LogP contribution in [-0.2, 0) is 31.5 Å². The first-order chi connectivity index (χ1) is 31.6. The van der Waals surface area contributed by atoms with E-state index in [2.05, 4.69) is 97.1 Å². The van der Waals surface area contributed by atoms with Gasteiger partial charge in [-0.25, -0.2) is 4.98 Å². The summed E-state index contributed by atoms with van der Waals surface area (Å²) in [5.74, 6) is 5.88. The minimum absolute atomic E-state index is 0.0222. The van der Waals surface area contributed by atoms with Gasteiger partial charge in [-0.15, -0.1) is 11.3 Å². The lowest BCUT2D eigenvalue weighted by molar-refractivity contribution is -0.132. The number of carbonyl (C=O) groups excluding carboxylic acids is 2. The predicted octanol–water partition coefficient (Wildman–Crippen LogP) is 7.54. The number of unbranched alkanes of at least 4 members (excludes halogenated alkanes) is 1. The van der Waals surface area contributed by atoms with Crippen molar-refractivity contribution in [1.29, 1.82) is 0 Å². The number of aromatic nitrogens is 2. The van der Waals surface area contributed by atoms with E-state index >= 15 is 0 Å². The van der Waals surface area contributed by atoms with E-state index in [1.54, 1.807) is 19.1 Å².